The van der Waals surface area contributed by atoms with Gasteiger partial charge in [-0.2, -0.15) is 0 Å². The van der Waals surface area contributed by atoms with E-state index in [1.165, 1.54) is 31.6 Å². The third-order valence-electron chi connectivity index (χ3n) is 4.72. The topological polar surface area (TPSA) is 89.5 Å². The molecule has 7 nitrogen and oxygen atoms in total. The molecule has 0 bridgehead atoms. The second kappa shape index (κ2) is 8.33. The van der Waals surface area contributed by atoms with Gasteiger partial charge >= 0.3 is 0 Å². The number of carbonyl (C=O) groups excluding carboxylic acids is 2. The van der Waals surface area contributed by atoms with Crippen molar-refractivity contribution in [1.82, 2.24) is 4.98 Å². The molecule has 4 rings (SSSR count). The van der Waals surface area contributed by atoms with Gasteiger partial charge in [-0.3, -0.25) is 14.9 Å². The van der Waals surface area contributed by atoms with Crippen molar-refractivity contribution >= 4 is 45.6 Å². The molecular weight excluding hydrogens is 426 g/mol. The monoisotopic (exact) mass is 443 g/mol. The Bertz CT molecular complexity index is 1150. The van der Waals surface area contributed by atoms with E-state index in [0.29, 0.717) is 35.0 Å². The Labute approximate surface area is 182 Å². The zero-order chi connectivity index (χ0) is 21.3. The summed E-state index contributed by atoms with van der Waals surface area (Å²) in [6.45, 7) is 0. The Morgan fingerprint density at radius 3 is 2.80 bits per heavy atom. The number of ether oxygens (including phenoxy) is 2. The number of hydrogen-bond donors (Lipinski definition) is 2. The van der Waals surface area contributed by atoms with Crippen LogP contribution in [0.4, 0.5) is 10.8 Å². The number of amides is 2. The minimum absolute atomic E-state index is 0.0316. The molecule has 2 amide bonds. The predicted molar refractivity (Wildman–Crippen MR) is 117 cm³/mol. The quantitative estimate of drug-likeness (QED) is 0.600. The number of methoxy groups -OCH3 is 2. The van der Waals surface area contributed by atoms with E-state index < -0.39 is 0 Å². The summed E-state index contributed by atoms with van der Waals surface area (Å²) >= 11 is 7.51. The van der Waals surface area contributed by atoms with E-state index in [4.69, 9.17) is 21.1 Å². The lowest BCUT2D eigenvalue weighted by molar-refractivity contribution is -0.116. The number of halogens is 1. The number of carbonyl (C=O) groups is 2. The summed E-state index contributed by atoms with van der Waals surface area (Å²) in [4.78, 5) is 28.7. The molecule has 0 saturated carbocycles. The molecule has 1 aliphatic rings. The average Bonchev–Trinajstić information content (AvgIpc) is 3.21. The first-order chi connectivity index (χ1) is 14.5. The van der Waals surface area contributed by atoms with E-state index in [9.17, 15) is 9.59 Å². The number of benzene rings is 2. The van der Waals surface area contributed by atoms with Crippen LogP contribution in [0.15, 0.2) is 35.7 Å². The van der Waals surface area contributed by atoms with Gasteiger partial charge < -0.3 is 14.8 Å². The van der Waals surface area contributed by atoms with Crippen LogP contribution in [0.25, 0.3) is 11.3 Å². The molecule has 0 aliphatic carbocycles. The average molecular weight is 444 g/mol. The number of aromatic nitrogens is 1. The largest absolute Gasteiger partial charge is 0.493 e. The fourth-order valence-corrected chi connectivity index (χ4v) is 4.23. The highest BCUT2D eigenvalue weighted by Gasteiger charge is 2.18. The van der Waals surface area contributed by atoms with E-state index in [2.05, 4.69) is 15.6 Å². The smallest absolute Gasteiger partial charge is 0.257 e. The summed E-state index contributed by atoms with van der Waals surface area (Å²) in [7, 11) is 2.96. The number of hydrogen-bond acceptors (Lipinski definition) is 6. The summed E-state index contributed by atoms with van der Waals surface area (Å²) in [6, 6.07) is 8.88. The van der Waals surface area contributed by atoms with E-state index in [1.807, 2.05) is 23.6 Å². The van der Waals surface area contributed by atoms with Crippen LogP contribution >= 0.6 is 22.9 Å². The number of nitrogens with one attached hydrogen (secondary N) is 2. The minimum atomic E-state index is -0.355. The molecule has 30 heavy (non-hydrogen) atoms. The van der Waals surface area contributed by atoms with Crippen LogP contribution in [-0.4, -0.2) is 31.0 Å². The number of aryl methyl sites for hydroxylation is 1. The van der Waals surface area contributed by atoms with Gasteiger partial charge in [-0.1, -0.05) is 17.7 Å². The SMILES string of the molecule is COc1cc(C(=O)Nc2nc(-c3ccc4c(c3)CCC(=O)N4)cs2)cc(Cl)c1OC. The molecule has 0 fully saturated rings. The maximum atomic E-state index is 12.7. The van der Waals surface area contributed by atoms with E-state index >= 15 is 0 Å². The molecule has 1 aromatic heterocycles. The molecule has 0 radical (unpaired) electrons. The van der Waals surface area contributed by atoms with Crippen molar-refractivity contribution in [1.29, 1.82) is 0 Å². The molecule has 0 unspecified atom stereocenters. The summed E-state index contributed by atoms with van der Waals surface area (Å²) in [5.41, 5.74) is 3.92. The van der Waals surface area contributed by atoms with Crippen LogP contribution in [0, 0.1) is 0 Å². The van der Waals surface area contributed by atoms with Crippen LogP contribution in [-0.2, 0) is 11.2 Å². The first-order valence-electron chi connectivity index (χ1n) is 9.10. The van der Waals surface area contributed by atoms with Gasteiger partial charge in [-0.15, -0.1) is 11.3 Å². The summed E-state index contributed by atoms with van der Waals surface area (Å²) in [6.07, 6.45) is 1.17. The molecule has 154 valence electrons. The molecule has 0 spiro atoms. The summed E-state index contributed by atoms with van der Waals surface area (Å²) in [5, 5.41) is 8.28. The van der Waals surface area contributed by atoms with Crippen LogP contribution in [0.2, 0.25) is 5.02 Å². The van der Waals surface area contributed by atoms with Crippen molar-refractivity contribution in [3.05, 3.63) is 51.9 Å². The molecule has 0 atom stereocenters. The van der Waals surface area contributed by atoms with E-state index in [0.717, 1.165) is 22.5 Å². The van der Waals surface area contributed by atoms with Gasteiger partial charge in [0.2, 0.25) is 5.91 Å². The maximum Gasteiger partial charge on any atom is 0.257 e. The molecule has 3 aromatic rings. The van der Waals surface area contributed by atoms with Gasteiger partial charge in [-0.05, 0) is 36.2 Å². The van der Waals surface area contributed by atoms with Crippen molar-refractivity contribution in [2.45, 2.75) is 12.8 Å². The van der Waals surface area contributed by atoms with Crippen LogP contribution in [0.1, 0.15) is 22.3 Å². The maximum absolute atomic E-state index is 12.7. The van der Waals surface area contributed by atoms with Crippen molar-refractivity contribution < 1.29 is 19.1 Å². The van der Waals surface area contributed by atoms with Crippen molar-refractivity contribution in [2.24, 2.45) is 0 Å². The zero-order valence-electron chi connectivity index (χ0n) is 16.2. The molecule has 2 heterocycles. The molecule has 9 heteroatoms. The van der Waals surface area contributed by atoms with Crippen LogP contribution < -0.4 is 20.1 Å². The Kier molecular flexibility index (Phi) is 5.61. The van der Waals surface area contributed by atoms with E-state index in [1.54, 1.807) is 6.07 Å². The molecular formula is C21H18ClN3O4S. The summed E-state index contributed by atoms with van der Waals surface area (Å²) < 4.78 is 10.4. The number of fused-ring (bicyclic) bond motifs is 1. The van der Waals surface area contributed by atoms with E-state index in [-0.39, 0.29) is 16.8 Å². The highest BCUT2D eigenvalue weighted by atomic mass is 35.5. The Balaban J connectivity index is 1.53. The molecule has 2 N–H and O–H groups in total. The molecule has 0 saturated heterocycles. The van der Waals surface area contributed by atoms with Gasteiger partial charge in [0.25, 0.3) is 5.91 Å². The number of nitrogens with zero attached hydrogens (tertiary/aromatic N) is 1. The first kappa shape index (κ1) is 20.2. The lowest BCUT2D eigenvalue weighted by Crippen LogP contribution is -2.18. The third kappa shape index (κ3) is 3.96. The molecule has 1 aliphatic heterocycles. The second-order valence-corrected chi connectivity index (χ2v) is 7.87. The normalized spacial score (nSPS) is 12.7. The highest BCUT2D eigenvalue weighted by molar-refractivity contribution is 7.14. The molecule has 2 aromatic carbocycles. The third-order valence-corrected chi connectivity index (χ3v) is 5.76. The van der Waals surface area contributed by atoms with Gasteiger partial charge in [-0.25, -0.2) is 4.98 Å². The fourth-order valence-electron chi connectivity index (χ4n) is 3.22. The zero-order valence-corrected chi connectivity index (χ0v) is 17.8. The second-order valence-electron chi connectivity index (χ2n) is 6.61. The minimum Gasteiger partial charge on any atom is -0.493 e. The van der Waals surface area contributed by atoms with Gasteiger partial charge in [0.05, 0.1) is 24.9 Å². The Hall–Kier alpha value is -3.10. The number of thiazole rings is 1. The van der Waals surface area contributed by atoms with Crippen molar-refractivity contribution in [2.75, 3.05) is 24.9 Å². The number of rotatable bonds is 5. The van der Waals surface area contributed by atoms with Crippen LogP contribution in [0.5, 0.6) is 11.5 Å². The van der Waals surface area contributed by atoms with Gasteiger partial charge in [0, 0.05) is 28.6 Å². The standard InChI is InChI=1S/C21H18ClN3O4S/c1-28-17-9-13(8-14(22)19(17)29-2)20(27)25-21-24-16(10-30-21)12-3-5-15-11(7-12)4-6-18(26)23-15/h3,5,7-10H,4,6H2,1-2H3,(H,23,26)(H,24,25,27). The Morgan fingerprint density at radius 1 is 1.20 bits per heavy atom. The lowest BCUT2D eigenvalue weighted by Gasteiger charge is -2.17. The highest BCUT2D eigenvalue weighted by Crippen LogP contribution is 2.36. The van der Waals surface area contributed by atoms with Crippen LogP contribution in [0.3, 0.4) is 0 Å². The van der Waals surface area contributed by atoms with Crippen molar-refractivity contribution in [3.8, 4) is 22.8 Å². The van der Waals surface area contributed by atoms with Gasteiger partial charge in [0.1, 0.15) is 0 Å². The fraction of sp³-hybridized carbons (Fsp3) is 0.190. The Morgan fingerprint density at radius 2 is 2.03 bits per heavy atom. The first-order valence-corrected chi connectivity index (χ1v) is 10.4. The van der Waals surface area contributed by atoms with Gasteiger partial charge in [0.15, 0.2) is 16.6 Å². The number of anilines is 2. The van der Waals surface area contributed by atoms with Crippen molar-refractivity contribution in [3.63, 3.8) is 0 Å². The lowest BCUT2D eigenvalue weighted by atomic mass is 9.99. The predicted octanol–water partition coefficient (Wildman–Crippen LogP) is 4.62. The summed E-state index contributed by atoms with van der Waals surface area (Å²) in [5.74, 6) is 0.419.